The van der Waals surface area contributed by atoms with Gasteiger partial charge in [0, 0.05) is 44.0 Å². The number of amides is 1. The summed E-state index contributed by atoms with van der Waals surface area (Å²) in [7, 11) is 0. The molecule has 0 N–H and O–H groups in total. The van der Waals surface area contributed by atoms with Crippen LogP contribution in [0.1, 0.15) is 45.1 Å². The number of likely N-dealkylation sites (tertiary alicyclic amines) is 2. The highest BCUT2D eigenvalue weighted by Crippen LogP contribution is 2.28. The zero-order valence-electron chi connectivity index (χ0n) is 17.7. The first-order valence-corrected chi connectivity index (χ1v) is 11.1. The van der Waals surface area contributed by atoms with Crippen molar-refractivity contribution >= 4 is 6.09 Å². The molecule has 0 aliphatic carbocycles. The molecule has 6 nitrogen and oxygen atoms in total. The average Bonchev–Trinajstić information content (AvgIpc) is 3.12. The van der Waals surface area contributed by atoms with Crippen LogP contribution in [-0.2, 0) is 4.74 Å². The molecule has 2 aliphatic rings. The smallest absolute Gasteiger partial charge is 0.409 e. The largest absolute Gasteiger partial charge is 0.450 e. The monoisotopic (exact) mass is 414 g/mol. The summed E-state index contributed by atoms with van der Waals surface area (Å²) in [4.78, 5) is 16.5. The van der Waals surface area contributed by atoms with Crippen molar-refractivity contribution in [1.29, 1.82) is 0 Å². The summed E-state index contributed by atoms with van der Waals surface area (Å²) in [5, 5.41) is 4.58. The lowest BCUT2D eigenvalue weighted by Gasteiger charge is -2.37. The zero-order valence-corrected chi connectivity index (χ0v) is 17.7. The standard InChI is InChI=1S/C23H31FN4O2/c1-2-30-23(29)27-12-3-4-21(9-15-27)26-13-10-22(11-14-26)28-17-19(16-25-28)18-5-7-20(24)8-6-18/h5-8,16-17,21-22H,2-4,9-15H2,1H3. The van der Waals surface area contributed by atoms with E-state index in [1.54, 1.807) is 12.1 Å². The van der Waals surface area contributed by atoms with E-state index in [9.17, 15) is 9.18 Å². The average molecular weight is 415 g/mol. The third kappa shape index (κ3) is 4.83. The summed E-state index contributed by atoms with van der Waals surface area (Å²) < 4.78 is 20.4. The maximum absolute atomic E-state index is 13.2. The second-order valence-electron chi connectivity index (χ2n) is 8.25. The van der Waals surface area contributed by atoms with E-state index in [1.165, 1.54) is 12.1 Å². The topological polar surface area (TPSA) is 50.6 Å². The normalized spacial score (nSPS) is 21.4. The van der Waals surface area contributed by atoms with E-state index in [0.29, 0.717) is 18.7 Å². The minimum Gasteiger partial charge on any atom is -0.450 e. The predicted octanol–water partition coefficient (Wildman–Crippen LogP) is 4.34. The molecule has 30 heavy (non-hydrogen) atoms. The molecule has 0 spiro atoms. The van der Waals surface area contributed by atoms with Crippen LogP contribution in [-0.4, -0.2) is 64.5 Å². The van der Waals surface area contributed by atoms with Crippen LogP contribution in [0.4, 0.5) is 9.18 Å². The molecule has 2 saturated heterocycles. The number of rotatable bonds is 4. The Morgan fingerprint density at radius 2 is 1.77 bits per heavy atom. The number of halogens is 1. The van der Waals surface area contributed by atoms with E-state index in [0.717, 1.165) is 69.4 Å². The Balaban J connectivity index is 1.30. The Labute approximate surface area is 177 Å². The first-order valence-electron chi connectivity index (χ1n) is 11.1. The van der Waals surface area contributed by atoms with E-state index >= 15 is 0 Å². The van der Waals surface area contributed by atoms with Crippen molar-refractivity contribution in [3.63, 3.8) is 0 Å². The van der Waals surface area contributed by atoms with Gasteiger partial charge in [-0.3, -0.25) is 4.68 Å². The number of piperidine rings is 1. The molecule has 0 radical (unpaired) electrons. The van der Waals surface area contributed by atoms with E-state index < -0.39 is 0 Å². The maximum atomic E-state index is 13.2. The fraction of sp³-hybridized carbons (Fsp3) is 0.565. The minimum atomic E-state index is -0.220. The molecule has 4 rings (SSSR count). The Bertz CT molecular complexity index is 830. The van der Waals surface area contributed by atoms with Gasteiger partial charge in [-0.2, -0.15) is 5.10 Å². The van der Waals surface area contributed by atoms with Gasteiger partial charge in [-0.1, -0.05) is 12.1 Å². The number of benzene rings is 1. The van der Waals surface area contributed by atoms with Crippen LogP contribution in [0.5, 0.6) is 0 Å². The van der Waals surface area contributed by atoms with Gasteiger partial charge < -0.3 is 14.5 Å². The molecule has 1 amide bonds. The molecule has 1 aromatic heterocycles. The van der Waals surface area contributed by atoms with Crippen LogP contribution in [0.15, 0.2) is 36.7 Å². The maximum Gasteiger partial charge on any atom is 0.409 e. The van der Waals surface area contributed by atoms with Gasteiger partial charge in [-0.05, 0) is 56.7 Å². The lowest BCUT2D eigenvalue weighted by molar-refractivity contribution is 0.103. The quantitative estimate of drug-likeness (QED) is 0.747. The van der Waals surface area contributed by atoms with Crippen LogP contribution in [0.25, 0.3) is 11.1 Å². The van der Waals surface area contributed by atoms with Gasteiger partial charge >= 0.3 is 6.09 Å². The van der Waals surface area contributed by atoms with Gasteiger partial charge in [0.2, 0.25) is 0 Å². The summed E-state index contributed by atoms with van der Waals surface area (Å²) in [6.07, 6.45) is 9.10. The SMILES string of the molecule is CCOC(=O)N1CCCC(N2CCC(n3cc(-c4ccc(F)cc4)cn3)CC2)CC1. The van der Waals surface area contributed by atoms with E-state index in [-0.39, 0.29) is 11.9 Å². The third-order valence-corrected chi connectivity index (χ3v) is 6.39. The Morgan fingerprint density at radius 1 is 1.03 bits per heavy atom. The second-order valence-corrected chi connectivity index (χ2v) is 8.25. The van der Waals surface area contributed by atoms with Crippen molar-refractivity contribution in [2.45, 2.75) is 51.1 Å². The number of hydrogen-bond acceptors (Lipinski definition) is 4. The summed E-state index contributed by atoms with van der Waals surface area (Å²) in [5.74, 6) is -0.220. The summed E-state index contributed by atoms with van der Waals surface area (Å²) in [5.41, 5.74) is 2.02. The third-order valence-electron chi connectivity index (χ3n) is 6.39. The van der Waals surface area contributed by atoms with Gasteiger partial charge in [-0.25, -0.2) is 9.18 Å². The zero-order chi connectivity index (χ0) is 20.9. The molecule has 0 saturated carbocycles. The lowest BCUT2D eigenvalue weighted by Crippen LogP contribution is -2.42. The van der Waals surface area contributed by atoms with Crippen molar-refractivity contribution in [2.24, 2.45) is 0 Å². The van der Waals surface area contributed by atoms with Gasteiger partial charge in [0.15, 0.2) is 0 Å². The highest BCUT2D eigenvalue weighted by atomic mass is 19.1. The van der Waals surface area contributed by atoms with Gasteiger partial charge in [0.05, 0.1) is 18.8 Å². The van der Waals surface area contributed by atoms with Crippen molar-refractivity contribution in [1.82, 2.24) is 19.6 Å². The molecule has 1 aromatic carbocycles. The van der Waals surface area contributed by atoms with E-state index in [4.69, 9.17) is 4.74 Å². The number of carbonyl (C=O) groups is 1. The fourth-order valence-electron chi connectivity index (χ4n) is 4.69. The molecular weight excluding hydrogens is 383 g/mol. The van der Waals surface area contributed by atoms with Crippen molar-refractivity contribution in [3.8, 4) is 11.1 Å². The molecule has 2 fully saturated rings. The second kappa shape index (κ2) is 9.60. The van der Waals surface area contributed by atoms with Gasteiger partial charge in [0.25, 0.3) is 0 Å². The highest BCUT2D eigenvalue weighted by molar-refractivity contribution is 5.67. The van der Waals surface area contributed by atoms with Crippen molar-refractivity contribution in [2.75, 3.05) is 32.8 Å². The van der Waals surface area contributed by atoms with Crippen LogP contribution < -0.4 is 0 Å². The Hall–Kier alpha value is -2.41. The molecule has 1 atom stereocenters. The van der Waals surface area contributed by atoms with Crippen LogP contribution in [0.2, 0.25) is 0 Å². The number of carbonyl (C=O) groups excluding carboxylic acids is 1. The summed E-state index contributed by atoms with van der Waals surface area (Å²) >= 11 is 0. The highest BCUT2D eigenvalue weighted by Gasteiger charge is 2.29. The van der Waals surface area contributed by atoms with Crippen molar-refractivity contribution in [3.05, 3.63) is 42.5 Å². The van der Waals surface area contributed by atoms with Gasteiger partial charge in [0.1, 0.15) is 5.82 Å². The molecule has 0 bridgehead atoms. The first kappa shape index (κ1) is 20.8. The lowest BCUT2D eigenvalue weighted by atomic mass is 10.00. The summed E-state index contributed by atoms with van der Waals surface area (Å²) in [6, 6.07) is 7.51. The molecule has 162 valence electrons. The molecular formula is C23H31FN4O2. The molecule has 7 heteroatoms. The minimum absolute atomic E-state index is 0.174. The Morgan fingerprint density at radius 3 is 2.50 bits per heavy atom. The van der Waals surface area contributed by atoms with Crippen molar-refractivity contribution < 1.29 is 13.9 Å². The Kier molecular flexibility index (Phi) is 6.67. The molecule has 3 heterocycles. The predicted molar refractivity (Wildman–Crippen MR) is 114 cm³/mol. The van der Waals surface area contributed by atoms with Crippen LogP contribution in [0, 0.1) is 5.82 Å². The van der Waals surface area contributed by atoms with E-state index in [2.05, 4.69) is 20.9 Å². The molecule has 2 aliphatic heterocycles. The van der Waals surface area contributed by atoms with Gasteiger partial charge in [-0.15, -0.1) is 0 Å². The molecule has 2 aromatic rings. The first-order chi connectivity index (χ1) is 14.6. The van der Waals surface area contributed by atoms with Crippen LogP contribution in [0.3, 0.4) is 0 Å². The number of aromatic nitrogens is 2. The molecule has 1 unspecified atom stereocenters. The van der Waals surface area contributed by atoms with Crippen LogP contribution >= 0.6 is 0 Å². The summed E-state index contributed by atoms with van der Waals surface area (Å²) in [6.45, 7) is 5.98. The number of nitrogens with zero attached hydrogens (tertiary/aromatic N) is 4. The number of ether oxygens (including phenoxy) is 1. The number of hydrogen-bond donors (Lipinski definition) is 0. The van der Waals surface area contributed by atoms with E-state index in [1.807, 2.05) is 18.0 Å². The fourth-order valence-corrected chi connectivity index (χ4v) is 4.69.